The zero-order valence-corrected chi connectivity index (χ0v) is 11.0. The summed E-state index contributed by atoms with van der Waals surface area (Å²) in [6, 6.07) is 5.54. The average molecular weight is 315 g/mol. The average Bonchev–Trinajstić information content (AvgIpc) is 2.37. The maximum atomic E-state index is 13.4. The van der Waals surface area contributed by atoms with Gasteiger partial charge in [-0.15, -0.1) is 0 Å². The Labute approximate surface area is 117 Å². The van der Waals surface area contributed by atoms with E-state index in [4.69, 9.17) is 0 Å². The van der Waals surface area contributed by atoms with E-state index in [0.717, 1.165) is 18.2 Å². The Bertz CT molecular complexity index is 811. The molecule has 1 heterocycles. The maximum Gasteiger partial charge on any atom is 0.304 e. The number of rotatable bonds is 4. The van der Waals surface area contributed by atoms with Crippen molar-refractivity contribution >= 4 is 21.5 Å². The molecule has 0 bridgehead atoms. The van der Waals surface area contributed by atoms with Crippen LogP contribution >= 0.6 is 0 Å². The summed E-state index contributed by atoms with van der Waals surface area (Å²) in [7, 11) is -4.24. The lowest BCUT2D eigenvalue weighted by atomic mass is 10.3. The minimum Gasteiger partial charge on any atom is -0.263 e. The summed E-state index contributed by atoms with van der Waals surface area (Å²) in [4.78, 5) is 12.2. The Balaban J connectivity index is 2.36. The molecule has 0 unspecified atom stereocenters. The maximum absolute atomic E-state index is 13.4. The third-order valence-corrected chi connectivity index (χ3v) is 3.73. The zero-order valence-electron chi connectivity index (χ0n) is 10.2. The number of nitrogens with one attached hydrogen (secondary N) is 1. The van der Waals surface area contributed by atoms with Crippen LogP contribution in [0.25, 0.3) is 0 Å². The van der Waals surface area contributed by atoms with Crippen LogP contribution in [0.3, 0.4) is 0 Å². The minimum absolute atomic E-state index is 0.297. The molecule has 0 spiro atoms. The molecule has 7 nitrogen and oxygen atoms in total. The van der Waals surface area contributed by atoms with Crippen molar-refractivity contribution in [3.05, 3.63) is 58.3 Å². The molecule has 0 fully saturated rings. The molecule has 110 valence electrons. The predicted molar refractivity (Wildman–Crippen MR) is 68.1 cm³/mol. The molecule has 0 aliphatic carbocycles. The van der Waals surface area contributed by atoms with Gasteiger partial charge in [0.15, 0.2) is 0 Å². The fourth-order valence-corrected chi connectivity index (χ4v) is 2.48. The van der Waals surface area contributed by atoms with Crippen molar-refractivity contribution in [1.29, 1.82) is 0 Å². The lowest BCUT2D eigenvalue weighted by Crippen LogP contribution is -2.14. The van der Waals surface area contributed by atoms with Crippen molar-refractivity contribution in [3.63, 3.8) is 0 Å². The van der Waals surface area contributed by atoms with Gasteiger partial charge in [0, 0.05) is 12.1 Å². The van der Waals surface area contributed by atoms with Crippen LogP contribution in [-0.2, 0) is 10.0 Å². The molecule has 1 N–H and O–H groups in total. The van der Waals surface area contributed by atoms with Crippen molar-refractivity contribution in [3.8, 4) is 0 Å². The van der Waals surface area contributed by atoms with Gasteiger partial charge in [0.25, 0.3) is 10.0 Å². The van der Waals surface area contributed by atoms with E-state index in [9.17, 15) is 27.3 Å². The van der Waals surface area contributed by atoms with Crippen molar-refractivity contribution in [1.82, 2.24) is 4.98 Å². The molecule has 1 aromatic carbocycles. The first-order chi connectivity index (χ1) is 9.79. The first kappa shape index (κ1) is 14.8. The third-order valence-electron chi connectivity index (χ3n) is 2.38. The summed E-state index contributed by atoms with van der Waals surface area (Å²) < 4.78 is 52.1. The Morgan fingerprint density at radius 3 is 2.48 bits per heavy atom. The van der Waals surface area contributed by atoms with Crippen LogP contribution < -0.4 is 4.72 Å². The van der Waals surface area contributed by atoms with Crippen LogP contribution in [0.15, 0.2) is 41.3 Å². The van der Waals surface area contributed by atoms with Gasteiger partial charge in [0.1, 0.15) is 5.82 Å². The van der Waals surface area contributed by atoms with Crippen LogP contribution in [-0.4, -0.2) is 18.3 Å². The number of hydrogen-bond donors (Lipinski definition) is 1. The molecule has 0 radical (unpaired) electrons. The SMILES string of the molecule is O=[N+]([O-])c1ccc(S(=O)(=O)Nc2cccc(F)n2)cc1F. The minimum atomic E-state index is -4.24. The van der Waals surface area contributed by atoms with E-state index in [1.54, 1.807) is 0 Å². The summed E-state index contributed by atoms with van der Waals surface area (Å²) in [5.74, 6) is -2.49. The van der Waals surface area contributed by atoms with Gasteiger partial charge in [-0.1, -0.05) is 6.07 Å². The van der Waals surface area contributed by atoms with E-state index in [0.29, 0.717) is 6.07 Å². The van der Waals surface area contributed by atoms with E-state index < -0.39 is 37.3 Å². The smallest absolute Gasteiger partial charge is 0.263 e. The molecule has 0 amide bonds. The standard InChI is InChI=1S/C11H7F2N3O4S/c12-8-6-7(4-5-9(8)16(17)18)21(19,20)15-11-3-1-2-10(13)14-11/h1-6H,(H,14,15). The molecule has 0 aliphatic rings. The van der Waals surface area contributed by atoms with Crippen LogP contribution in [0.5, 0.6) is 0 Å². The number of hydrogen-bond acceptors (Lipinski definition) is 5. The number of nitro benzene ring substituents is 1. The van der Waals surface area contributed by atoms with Gasteiger partial charge < -0.3 is 0 Å². The first-order valence-corrected chi connectivity index (χ1v) is 6.87. The molecular formula is C11H7F2N3O4S. The second kappa shape index (κ2) is 5.40. The molecule has 0 aliphatic heterocycles. The Morgan fingerprint density at radius 2 is 1.90 bits per heavy atom. The number of aromatic nitrogens is 1. The number of pyridine rings is 1. The van der Waals surface area contributed by atoms with E-state index >= 15 is 0 Å². The Morgan fingerprint density at radius 1 is 1.19 bits per heavy atom. The highest BCUT2D eigenvalue weighted by Gasteiger charge is 2.21. The van der Waals surface area contributed by atoms with E-state index in [2.05, 4.69) is 4.98 Å². The molecule has 0 saturated carbocycles. The first-order valence-electron chi connectivity index (χ1n) is 5.39. The number of anilines is 1. The summed E-state index contributed by atoms with van der Waals surface area (Å²) in [5, 5.41) is 10.5. The van der Waals surface area contributed by atoms with Gasteiger partial charge in [-0.05, 0) is 18.2 Å². The van der Waals surface area contributed by atoms with Crippen molar-refractivity contribution in [2.75, 3.05) is 4.72 Å². The molecule has 2 aromatic rings. The summed E-state index contributed by atoms with van der Waals surface area (Å²) in [6.07, 6.45) is 0. The lowest BCUT2D eigenvalue weighted by molar-refractivity contribution is -0.387. The fourth-order valence-electron chi connectivity index (χ4n) is 1.46. The van der Waals surface area contributed by atoms with Gasteiger partial charge in [0.05, 0.1) is 9.82 Å². The zero-order chi connectivity index (χ0) is 15.6. The van der Waals surface area contributed by atoms with Crippen molar-refractivity contribution < 1.29 is 22.1 Å². The molecular weight excluding hydrogens is 308 g/mol. The van der Waals surface area contributed by atoms with E-state index in [1.165, 1.54) is 12.1 Å². The fraction of sp³-hybridized carbons (Fsp3) is 0. The largest absolute Gasteiger partial charge is 0.304 e. The van der Waals surface area contributed by atoms with Gasteiger partial charge in [-0.2, -0.15) is 8.78 Å². The highest BCUT2D eigenvalue weighted by molar-refractivity contribution is 7.92. The van der Waals surface area contributed by atoms with E-state index in [-0.39, 0.29) is 5.82 Å². The summed E-state index contributed by atoms with van der Waals surface area (Å²) in [5.41, 5.74) is -0.849. The Hall–Kier alpha value is -2.62. The third kappa shape index (κ3) is 3.28. The quantitative estimate of drug-likeness (QED) is 0.528. The van der Waals surface area contributed by atoms with Crippen LogP contribution in [0.1, 0.15) is 0 Å². The van der Waals surface area contributed by atoms with Gasteiger partial charge in [-0.3, -0.25) is 14.8 Å². The molecule has 21 heavy (non-hydrogen) atoms. The molecule has 2 rings (SSSR count). The molecule has 0 atom stereocenters. The molecule has 10 heteroatoms. The van der Waals surface area contributed by atoms with Crippen molar-refractivity contribution in [2.45, 2.75) is 4.90 Å². The number of benzene rings is 1. The predicted octanol–water partition coefficient (Wildman–Crippen LogP) is 2.07. The van der Waals surface area contributed by atoms with Gasteiger partial charge >= 0.3 is 5.69 Å². The van der Waals surface area contributed by atoms with Crippen LogP contribution in [0.2, 0.25) is 0 Å². The lowest BCUT2D eigenvalue weighted by Gasteiger charge is -2.07. The van der Waals surface area contributed by atoms with Gasteiger partial charge in [-0.25, -0.2) is 13.4 Å². The highest BCUT2D eigenvalue weighted by atomic mass is 32.2. The van der Waals surface area contributed by atoms with Crippen molar-refractivity contribution in [2.24, 2.45) is 0 Å². The molecule has 1 aromatic heterocycles. The number of nitrogens with zero attached hydrogens (tertiary/aromatic N) is 2. The van der Waals surface area contributed by atoms with E-state index in [1.807, 2.05) is 4.72 Å². The molecule has 0 saturated heterocycles. The summed E-state index contributed by atoms with van der Waals surface area (Å²) >= 11 is 0. The van der Waals surface area contributed by atoms with Crippen LogP contribution in [0, 0.1) is 21.9 Å². The normalized spacial score (nSPS) is 11.1. The number of halogens is 2. The van der Waals surface area contributed by atoms with Crippen LogP contribution in [0.4, 0.5) is 20.3 Å². The topological polar surface area (TPSA) is 102 Å². The monoisotopic (exact) mass is 315 g/mol. The Kier molecular flexibility index (Phi) is 3.80. The summed E-state index contributed by atoms with van der Waals surface area (Å²) in [6.45, 7) is 0. The second-order valence-corrected chi connectivity index (χ2v) is 5.50. The van der Waals surface area contributed by atoms with Gasteiger partial charge in [0.2, 0.25) is 11.8 Å². The highest BCUT2D eigenvalue weighted by Crippen LogP contribution is 2.22. The second-order valence-electron chi connectivity index (χ2n) is 3.82. The number of nitro groups is 1. The number of sulfonamides is 1.